The summed E-state index contributed by atoms with van der Waals surface area (Å²) in [5.41, 5.74) is 1.78. The Bertz CT molecular complexity index is 2080. The van der Waals surface area contributed by atoms with Crippen molar-refractivity contribution in [1.82, 2.24) is 19.6 Å². The Balaban J connectivity index is 1.37. The lowest BCUT2D eigenvalue weighted by Gasteiger charge is -2.34. The van der Waals surface area contributed by atoms with Crippen molar-refractivity contribution in [3.8, 4) is 11.1 Å². The molecular formula is C35H33ClF3N7O4. The van der Waals surface area contributed by atoms with Crippen LogP contribution in [0.15, 0.2) is 83.8 Å². The molecule has 0 unspecified atom stereocenters. The smallest absolute Gasteiger partial charge is 0.406 e. The highest BCUT2D eigenvalue weighted by Crippen LogP contribution is 2.39. The van der Waals surface area contributed by atoms with E-state index in [0.29, 0.717) is 32.9 Å². The van der Waals surface area contributed by atoms with Gasteiger partial charge < -0.3 is 30.0 Å². The molecule has 1 aliphatic heterocycles. The standard InChI is InChI=1S/C35H33ClF3N7O4/c1-44-12-14-45(15-13-44)26-8-10-30(42-34-40-21-23-6-11-31(47)46(32(23)43-34)50-17-16-49-2)28(20-26)27-19-25(7-9-29(27)36)41-33(48)22-4-3-5-24(18-22)35(37,38)39/h3-11,18-21H,12-17H2,1-2H3,(H,41,48)(H,40,42,43). The van der Waals surface area contributed by atoms with Crippen LogP contribution in [0, 0.1) is 0 Å². The van der Waals surface area contributed by atoms with Crippen molar-refractivity contribution >= 4 is 51.6 Å². The van der Waals surface area contributed by atoms with E-state index < -0.39 is 23.2 Å². The Hall–Kier alpha value is -5.18. The third-order valence-corrected chi connectivity index (χ3v) is 8.52. The zero-order valence-electron chi connectivity index (χ0n) is 27.1. The number of nitrogens with one attached hydrogen (secondary N) is 2. The molecule has 1 saturated heterocycles. The number of ether oxygens (including phenoxy) is 1. The number of nitrogens with zero attached hydrogens (tertiary/aromatic N) is 5. The lowest BCUT2D eigenvalue weighted by Crippen LogP contribution is -2.44. The molecule has 0 saturated carbocycles. The van der Waals surface area contributed by atoms with Crippen LogP contribution in [-0.2, 0) is 10.9 Å². The van der Waals surface area contributed by atoms with Crippen molar-refractivity contribution in [2.24, 2.45) is 0 Å². The molecule has 0 bridgehead atoms. The van der Waals surface area contributed by atoms with Gasteiger partial charge in [-0.1, -0.05) is 17.7 Å². The first-order valence-electron chi connectivity index (χ1n) is 15.6. The van der Waals surface area contributed by atoms with Crippen LogP contribution in [0.25, 0.3) is 22.2 Å². The molecule has 1 aliphatic rings. The highest BCUT2D eigenvalue weighted by molar-refractivity contribution is 6.33. The number of fused-ring (bicyclic) bond motifs is 1. The summed E-state index contributed by atoms with van der Waals surface area (Å²) in [5.74, 6) is -0.539. The van der Waals surface area contributed by atoms with Crippen molar-refractivity contribution in [3.05, 3.63) is 105 Å². The molecule has 3 heterocycles. The normalized spacial score (nSPS) is 13.8. The average molecular weight is 708 g/mol. The van der Waals surface area contributed by atoms with Gasteiger partial charge in [0.15, 0.2) is 5.65 Å². The average Bonchev–Trinajstić information content (AvgIpc) is 3.10. The Morgan fingerprint density at radius 1 is 0.960 bits per heavy atom. The fourth-order valence-electron chi connectivity index (χ4n) is 5.49. The highest BCUT2D eigenvalue weighted by Gasteiger charge is 2.31. The Kier molecular flexibility index (Phi) is 10.2. The van der Waals surface area contributed by atoms with E-state index in [0.717, 1.165) is 48.7 Å². The number of alkyl halides is 3. The van der Waals surface area contributed by atoms with Gasteiger partial charge in [-0.05, 0) is 67.7 Å². The van der Waals surface area contributed by atoms with Crippen LogP contribution >= 0.6 is 11.6 Å². The molecule has 0 radical (unpaired) electrons. The molecule has 5 aromatic rings. The predicted octanol–water partition coefficient (Wildman–Crippen LogP) is 5.95. The lowest BCUT2D eigenvalue weighted by atomic mass is 10.0. The maximum Gasteiger partial charge on any atom is 0.416 e. The van der Waals surface area contributed by atoms with E-state index in [-0.39, 0.29) is 30.4 Å². The maximum atomic E-state index is 13.3. The molecule has 1 amide bonds. The van der Waals surface area contributed by atoms with E-state index in [4.69, 9.17) is 21.2 Å². The maximum absolute atomic E-state index is 13.3. The predicted molar refractivity (Wildman–Crippen MR) is 186 cm³/mol. The quantitative estimate of drug-likeness (QED) is 0.170. The number of halogens is 4. The van der Waals surface area contributed by atoms with E-state index in [1.54, 1.807) is 30.5 Å². The molecule has 6 rings (SSSR count). The van der Waals surface area contributed by atoms with Gasteiger partial charge in [-0.25, -0.2) is 4.98 Å². The molecule has 2 N–H and O–H groups in total. The second kappa shape index (κ2) is 14.7. The van der Waals surface area contributed by atoms with Gasteiger partial charge in [-0.2, -0.15) is 18.2 Å². The van der Waals surface area contributed by atoms with Gasteiger partial charge in [0.25, 0.3) is 11.5 Å². The van der Waals surface area contributed by atoms with Crippen LogP contribution in [0.4, 0.5) is 36.2 Å². The van der Waals surface area contributed by atoms with Crippen molar-refractivity contribution in [1.29, 1.82) is 0 Å². The van der Waals surface area contributed by atoms with E-state index in [1.165, 1.54) is 25.3 Å². The summed E-state index contributed by atoms with van der Waals surface area (Å²) in [6, 6.07) is 17.8. The van der Waals surface area contributed by atoms with Gasteiger partial charge in [0.2, 0.25) is 5.95 Å². The first-order valence-corrected chi connectivity index (χ1v) is 16.0. The van der Waals surface area contributed by atoms with Gasteiger partial charge in [0.1, 0.15) is 6.61 Å². The van der Waals surface area contributed by atoms with Crippen LogP contribution in [-0.4, -0.2) is 79.1 Å². The molecule has 1 fully saturated rings. The third-order valence-electron chi connectivity index (χ3n) is 8.19. The topological polar surface area (TPSA) is 114 Å². The van der Waals surface area contributed by atoms with Crippen LogP contribution in [0.1, 0.15) is 15.9 Å². The van der Waals surface area contributed by atoms with Crippen molar-refractivity contribution in [3.63, 3.8) is 0 Å². The second-order valence-electron chi connectivity index (χ2n) is 11.6. The number of aromatic nitrogens is 3. The number of amides is 1. The highest BCUT2D eigenvalue weighted by atomic mass is 35.5. The number of pyridine rings is 1. The first-order chi connectivity index (χ1) is 24.0. The number of likely N-dealkylation sites (N-methyl/N-ethyl adjacent to an activating group) is 1. The SMILES string of the molecule is COCCOn1c(=O)ccc2cnc(Nc3ccc(N4CCN(C)CC4)cc3-c3cc(NC(=O)c4cccc(C(F)(F)F)c4)ccc3Cl)nc21. The number of carbonyl (C=O) groups excluding carboxylic acids is 1. The zero-order chi connectivity index (χ0) is 35.4. The van der Waals surface area contributed by atoms with Crippen LogP contribution in [0.3, 0.4) is 0 Å². The molecule has 0 aliphatic carbocycles. The monoisotopic (exact) mass is 707 g/mol. The number of hydrogen-bond donors (Lipinski definition) is 2. The van der Waals surface area contributed by atoms with E-state index >= 15 is 0 Å². The van der Waals surface area contributed by atoms with Crippen LogP contribution in [0.2, 0.25) is 5.02 Å². The minimum absolute atomic E-state index is 0.124. The largest absolute Gasteiger partial charge is 0.416 e. The number of hydrogen-bond acceptors (Lipinski definition) is 9. The summed E-state index contributed by atoms with van der Waals surface area (Å²) in [7, 11) is 3.60. The lowest BCUT2D eigenvalue weighted by molar-refractivity contribution is -0.137. The minimum atomic E-state index is -4.59. The van der Waals surface area contributed by atoms with Crippen molar-refractivity contribution in [2.45, 2.75) is 6.18 Å². The molecular weight excluding hydrogens is 675 g/mol. The van der Waals surface area contributed by atoms with E-state index in [1.807, 2.05) is 18.2 Å². The van der Waals surface area contributed by atoms with Gasteiger partial charge >= 0.3 is 6.18 Å². The summed E-state index contributed by atoms with van der Waals surface area (Å²) in [6.07, 6.45) is -3.03. The van der Waals surface area contributed by atoms with Crippen LogP contribution in [0.5, 0.6) is 0 Å². The van der Waals surface area contributed by atoms with Crippen molar-refractivity contribution < 1.29 is 27.5 Å². The summed E-state index contributed by atoms with van der Waals surface area (Å²) in [4.78, 5) is 44.9. The molecule has 3 aromatic carbocycles. The number of anilines is 4. The number of benzene rings is 3. The van der Waals surface area contributed by atoms with Gasteiger partial charge in [-0.15, -0.1) is 4.73 Å². The Morgan fingerprint density at radius 2 is 1.76 bits per heavy atom. The summed E-state index contributed by atoms with van der Waals surface area (Å²) in [6.45, 7) is 3.76. The first kappa shape index (κ1) is 34.7. The zero-order valence-corrected chi connectivity index (χ0v) is 27.9. The Morgan fingerprint density at radius 3 is 2.52 bits per heavy atom. The molecule has 260 valence electrons. The molecule has 50 heavy (non-hydrogen) atoms. The Labute approximate surface area is 290 Å². The molecule has 0 atom stereocenters. The molecule has 0 spiro atoms. The van der Waals surface area contributed by atoms with E-state index in [2.05, 4.69) is 37.4 Å². The second-order valence-corrected chi connectivity index (χ2v) is 12.0. The summed E-state index contributed by atoms with van der Waals surface area (Å²) < 4.78 is 46.1. The molecule has 2 aromatic heterocycles. The van der Waals surface area contributed by atoms with Gasteiger partial charge in [0.05, 0.1) is 12.2 Å². The number of piperazine rings is 1. The third kappa shape index (κ3) is 7.83. The summed E-state index contributed by atoms with van der Waals surface area (Å²) >= 11 is 6.78. The van der Waals surface area contributed by atoms with Gasteiger partial charge in [0, 0.05) is 89.7 Å². The van der Waals surface area contributed by atoms with Gasteiger partial charge in [-0.3, -0.25) is 9.59 Å². The number of methoxy groups -OCH3 is 1. The number of rotatable bonds is 10. The minimum Gasteiger partial charge on any atom is -0.406 e. The number of carbonyl (C=O) groups is 1. The van der Waals surface area contributed by atoms with E-state index in [9.17, 15) is 22.8 Å². The molecule has 15 heteroatoms. The molecule has 11 nitrogen and oxygen atoms in total. The van der Waals surface area contributed by atoms with Crippen molar-refractivity contribution in [2.75, 3.05) is 69.1 Å². The fourth-order valence-corrected chi connectivity index (χ4v) is 5.71. The summed E-state index contributed by atoms with van der Waals surface area (Å²) in [5, 5.41) is 6.88. The fraction of sp³-hybridized carbons (Fsp3) is 0.257. The van der Waals surface area contributed by atoms with Crippen LogP contribution < -0.4 is 25.9 Å².